The van der Waals surface area contributed by atoms with Crippen LogP contribution in [0.1, 0.15) is 71.1 Å². The molecule has 0 bridgehead atoms. The van der Waals surface area contributed by atoms with Crippen LogP contribution >= 0.6 is 0 Å². The molecule has 2 heteroatoms. The molecule has 2 nitrogen and oxygen atoms in total. The number of rotatable bonds is 12. The van der Waals surface area contributed by atoms with Crippen LogP contribution in [0.25, 0.3) is 4.85 Å². The van der Waals surface area contributed by atoms with Gasteiger partial charge in [-0.25, -0.2) is 4.85 Å². The standard InChI is InChI=1S/C19H29NO/c1-3-4-5-6-7-8-9-10-11-12-17-21-19-15-13-18(20-2)14-16-19/h13-16H,3-12,17H2,1H3. The summed E-state index contributed by atoms with van der Waals surface area (Å²) in [6, 6.07) is 7.37. The van der Waals surface area contributed by atoms with Gasteiger partial charge >= 0.3 is 0 Å². The van der Waals surface area contributed by atoms with Gasteiger partial charge in [0.1, 0.15) is 5.75 Å². The van der Waals surface area contributed by atoms with Crippen LogP contribution < -0.4 is 4.74 Å². The Morgan fingerprint density at radius 2 is 1.33 bits per heavy atom. The van der Waals surface area contributed by atoms with Crippen LogP contribution in [-0.2, 0) is 0 Å². The Morgan fingerprint density at radius 1 is 0.810 bits per heavy atom. The van der Waals surface area contributed by atoms with Crippen molar-refractivity contribution in [2.24, 2.45) is 0 Å². The first kappa shape index (κ1) is 17.6. The number of hydrogen-bond donors (Lipinski definition) is 0. The Bertz CT molecular complexity index is 391. The van der Waals surface area contributed by atoms with Crippen LogP contribution in [0.15, 0.2) is 24.3 Å². The van der Waals surface area contributed by atoms with E-state index in [9.17, 15) is 0 Å². The molecule has 0 atom stereocenters. The molecular formula is C19H29NO. The fourth-order valence-corrected chi connectivity index (χ4v) is 2.40. The number of unbranched alkanes of at least 4 members (excludes halogenated alkanes) is 9. The SMILES string of the molecule is [C-]#[N+]c1ccc(OCCCCCCCCCCCC)cc1. The summed E-state index contributed by atoms with van der Waals surface area (Å²) in [6.07, 6.45) is 13.4. The van der Waals surface area contributed by atoms with Crippen LogP contribution in [0.2, 0.25) is 0 Å². The molecule has 21 heavy (non-hydrogen) atoms. The van der Waals surface area contributed by atoms with Crippen molar-refractivity contribution in [1.82, 2.24) is 0 Å². The van der Waals surface area contributed by atoms with E-state index in [-0.39, 0.29) is 0 Å². The molecule has 0 radical (unpaired) electrons. The molecule has 0 aliphatic heterocycles. The highest BCUT2D eigenvalue weighted by atomic mass is 16.5. The lowest BCUT2D eigenvalue weighted by Crippen LogP contribution is -1.96. The predicted molar refractivity (Wildman–Crippen MR) is 90.0 cm³/mol. The summed E-state index contributed by atoms with van der Waals surface area (Å²) in [7, 11) is 0. The quantitative estimate of drug-likeness (QED) is 0.314. The van der Waals surface area contributed by atoms with E-state index in [1.165, 1.54) is 57.8 Å². The van der Waals surface area contributed by atoms with Gasteiger partial charge in [-0.2, -0.15) is 0 Å². The third-order valence-corrected chi connectivity index (χ3v) is 3.73. The molecule has 1 rings (SSSR count). The number of benzene rings is 1. The first-order valence-corrected chi connectivity index (χ1v) is 8.47. The Labute approximate surface area is 130 Å². The molecule has 0 saturated heterocycles. The Morgan fingerprint density at radius 3 is 1.86 bits per heavy atom. The fourth-order valence-electron chi connectivity index (χ4n) is 2.40. The molecule has 0 amide bonds. The molecule has 0 unspecified atom stereocenters. The molecule has 0 aliphatic carbocycles. The molecule has 0 saturated carbocycles. The summed E-state index contributed by atoms with van der Waals surface area (Å²) >= 11 is 0. The second-order valence-corrected chi connectivity index (χ2v) is 5.64. The van der Waals surface area contributed by atoms with E-state index in [4.69, 9.17) is 11.3 Å². The van der Waals surface area contributed by atoms with E-state index >= 15 is 0 Å². The van der Waals surface area contributed by atoms with Crippen molar-refractivity contribution in [3.63, 3.8) is 0 Å². The van der Waals surface area contributed by atoms with Gasteiger partial charge in [0.05, 0.1) is 13.2 Å². The number of nitrogens with zero attached hydrogens (tertiary/aromatic N) is 1. The number of ether oxygens (including phenoxy) is 1. The van der Waals surface area contributed by atoms with Gasteiger partial charge in [0.15, 0.2) is 5.69 Å². The molecule has 1 aromatic carbocycles. The number of hydrogen-bond acceptors (Lipinski definition) is 1. The monoisotopic (exact) mass is 287 g/mol. The second-order valence-electron chi connectivity index (χ2n) is 5.64. The topological polar surface area (TPSA) is 13.6 Å². The predicted octanol–water partition coefficient (Wildman–Crippen LogP) is 6.54. The average Bonchev–Trinajstić information content (AvgIpc) is 2.53. The molecular weight excluding hydrogens is 258 g/mol. The molecule has 0 heterocycles. The van der Waals surface area contributed by atoms with Gasteiger partial charge in [-0.3, -0.25) is 0 Å². The Kier molecular flexibility index (Phi) is 10.3. The molecule has 0 spiro atoms. The van der Waals surface area contributed by atoms with Crippen LogP contribution in [0.5, 0.6) is 5.75 Å². The molecule has 116 valence electrons. The summed E-state index contributed by atoms with van der Waals surface area (Å²) in [5.74, 6) is 0.873. The summed E-state index contributed by atoms with van der Waals surface area (Å²) in [5.41, 5.74) is 0.668. The van der Waals surface area contributed by atoms with Gasteiger partial charge in [0, 0.05) is 0 Å². The van der Waals surface area contributed by atoms with Crippen LogP contribution in [-0.4, -0.2) is 6.61 Å². The first-order chi connectivity index (χ1) is 10.4. The van der Waals surface area contributed by atoms with Crippen LogP contribution in [0.3, 0.4) is 0 Å². The largest absolute Gasteiger partial charge is 0.494 e. The lowest BCUT2D eigenvalue weighted by Gasteiger charge is -2.06. The minimum atomic E-state index is 0.668. The van der Waals surface area contributed by atoms with Crippen LogP contribution in [0.4, 0.5) is 5.69 Å². The van der Waals surface area contributed by atoms with Crippen molar-refractivity contribution in [3.05, 3.63) is 35.7 Å². The van der Waals surface area contributed by atoms with Crippen molar-refractivity contribution in [2.75, 3.05) is 6.61 Å². The molecule has 0 N–H and O–H groups in total. The van der Waals surface area contributed by atoms with E-state index in [0.29, 0.717) is 5.69 Å². The maximum atomic E-state index is 6.89. The third kappa shape index (κ3) is 9.13. The fraction of sp³-hybridized carbons (Fsp3) is 0.632. The van der Waals surface area contributed by atoms with Gasteiger partial charge in [-0.15, -0.1) is 0 Å². The molecule has 0 aliphatic rings. The minimum Gasteiger partial charge on any atom is -0.494 e. The van der Waals surface area contributed by atoms with Crippen molar-refractivity contribution >= 4 is 5.69 Å². The van der Waals surface area contributed by atoms with Gasteiger partial charge in [-0.1, -0.05) is 76.8 Å². The first-order valence-electron chi connectivity index (χ1n) is 8.47. The molecule has 0 aromatic heterocycles. The summed E-state index contributed by atoms with van der Waals surface area (Å²) in [5, 5.41) is 0. The van der Waals surface area contributed by atoms with E-state index < -0.39 is 0 Å². The van der Waals surface area contributed by atoms with Crippen LogP contribution in [0, 0.1) is 6.57 Å². The zero-order valence-corrected chi connectivity index (χ0v) is 13.4. The zero-order chi connectivity index (χ0) is 15.2. The van der Waals surface area contributed by atoms with Gasteiger partial charge in [0.25, 0.3) is 0 Å². The van der Waals surface area contributed by atoms with Crippen molar-refractivity contribution in [2.45, 2.75) is 71.1 Å². The zero-order valence-electron chi connectivity index (χ0n) is 13.4. The molecule has 0 fully saturated rings. The van der Waals surface area contributed by atoms with Gasteiger partial charge in [0.2, 0.25) is 0 Å². The maximum Gasteiger partial charge on any atom is 0.187 e. The van der Waals surface area contributed by atoms with Crippen molar-refractivity contribution < 1.29 is 4.74 Å². The highest BCUT2D eigenvalue weighted by Crippen LogP contribution is 2.18. The van der Waals surface area contributed by atoms with E-state index in [1.54, 1.807) is 12.1 Å². The second kappa shape index (κ2) is 12.3. The Balaban J connectivity index is 1.89. The maximum absolute atomic E-state index is 6.89. The lowest BCUT2D eigenvalue weighted by molar-refractivity contribution is 0.304. The van der Waals surface area contributed by atoms with Gasteiger partial charge < -0.3 is 4.74 Å². The van der Waals surface area contributed by atoms with E-state index in [0.717, 1.165) is 18.8 Å². The smallest absolute Gasteiger partial charge is 0.187 e. The Hall–Kier alpha value is -1.49. The third-order valence-electron chi connectivity index (χ3n) is 3.73. The van der Waals surface area contributed by atoms with E-state index in [2.05, 4.69) is 11.8 Å². The lowest BCUT2D eigenvalue weighted by atomic mass is 10.1. The molecule has 1 aromatic rings. The van der Waals surface area contributed by atoms with E-state index in [1.807, 2.05) is 12.1 Å². The summed E-state index contributed by atoms with van der Waals surface area (Å²) in [4.78, 5) is 3.37. The highest BCUT2D eigenvalue weighted by molar-refractivity contribution is 5.46. The summed E-state index contributed by atoms with van der Waals surface area (Å²) < 4.78 is 5.67. The summed E-state index contributed by atoms with van der Waals surface area (Å²) in [6.45, 7) is 9.94. The van der Waals surface area contributed by atoms with Crippen molar-refractivity contribution in [1.29, 1.82) is 0 Å². The van der Waals surface area contributed by atoms with Crippen molar-refractivity contribution in [3.8, 4) is 5.75 Å². The highest BCUT2D eigenvalue weighted by Gasteiger charge is 1.96. The normalized spacial score (nSPS) is 10.3. The average molecular weight is 287 g/mol. The minimum absolute atomic E-state index is 0.668. The van der Waals surface area contributed by atoms with Gasteiger partial charge in [-0.05, 0) is 18.6 Å².